The molecule has 0 fully saturated rings. The fraction of sp³-hybridized carbons (Fsp3) is 0. The van der Waals surface area contributed by atoms with E-state index in [4.69, 9.17) is 0 Å². The normalized spacial score (nSPS) is 10.4. The topological polar surface area (TPSA) is 48.9 Å². The Morgan fingerprint density at radius 3 is 1.94 bits per heavy atom. The molecule has 0 aliphatic rings. The Bertz CT molecular complexity index is 588. The molecule has 3 heteroatoms. The zero-order chi connectivity index (χ0) is 12.4. The molecule has 0 aliphatic heterocycles. The lowest BCUT2D eigenvalue weighted by Gasteiger charge is -1.99. The van der Waals surface area contributed by atoms with E-state index in [9.17, 15) is 5.11 Å². The molecule has 0 bridgehead atoms. The van der Waals surface area contributed by atoms with Crippen molar-refractivity contribution in [2.75, 3.05) is 0 Å². The highest BCUT2D eigenvalue weighted by molar-refractivity contribution is 5.77. The van der Waals surface area contributed by atoms with Crippen LogP contribution in [0.1, 0.15) is 0 Å². The molecule has 0 atom stereocenters. The van der Waals surface area contributed by atoms with Crippen LogP contribution < -0.4 is 0 Å². The van der Waals surface area contributed by atoms with Crippen molar-refractivity contribution >= 4 is 0 Å². The summed E-state index contributed by atoms with van der Waals surface area (Å²) in [5.41, 5.74) is 3.04. The lowest BCUT2D eigenvalue weighted by molar-refractivity contribution is 0.479. The maximum atomic E-state index is 10.2. The molecule has 0 saturated carbocycles. The van der Waals surface area contributed by atoms with E-state index < -0.39 is 0 Å². The molecule has 0 amide bonds. The van der Waals surface area contributed by atoms with Crippen LogP contribution in [0, 0.1) is 0 Å². The van der Waals surface area contributed by atoms with Gasteiger partial charge in [0.25, 0.3) is 0 Å². The summed E-state index contributed by atoms with van der Waals surface area (Å²) in [6, 6.07) is 19.3. The third-order valence-corrected chi connectivity index (χ3v) is 2.85. The van der Waals surface area contributed by atoms with Crippen LogP contribution in [0.15, 0.2) is 60.7 Å². The molecule has 0 unspecified atom stereocenters. The van der Waals surface area contributed by atoms with Crippen molar-refractivity contribution in [3.05, 3.63) is 60.7 Å². The SMILES string of the molecule is Oc1c(-c2ccccc2)n[nH]c1-c1ccccc1. The minimum Gasteiger partial charge on any atom is -0.504 e. The van der Waals surface area contributed by atoms with Gasteiger partial charge >= 0.3 is 0 Å². The standard InChI is InChI=1S/C15H12N2O/c18-15-13(11-7-3-1-4-8-11)16-17-14(15)12-9-5-2-6-10-12/h1-10,18H,(H,16,17). The molecule has 3 nitrogen and oxygen atoms in total. The van der Waals surface area contributed by atoms with Crippen LogP contribution in [-0.2, 0) is 0 Å². The quantitative estimate of drug-likeness (QED) is 0.716. The highest BCUT2D eigenvalue weighted by Gasteiger charge is 2.14. The summed E-state index contributed by atoms with van der Waals surface area (Å²) in [7, 11) is 0. The first kappa shape index (κ1) is 10.6. The Morgan fingerprint density at radius 1 is 0.778 bits per heavy atom. The summed E-state index contributed by atoms with van der Waals surface area (Å²) < 4.78 is 0. The Morgan fingerprint density at radius 2 is 1.33 bits per heavy atom. The number of nitrogens with zero attached hydrogens (tertiary/aromatic N) is 1. The molecule has 0 radical (unpaired) electrons. The van der Waals surface area contributed by atoms with Crippen molar-refractivity contribution in [1.82, 2.24) is 10.2 Å². The molecule has 1 heterocycles. The van der Waals surface area contributed by atoms with E-state index in [0.717, 1.165) is 11.1 Å². The fourth-order valence-electron chi connectivity index (χ4n) is 1.94. The van der Waals surface area contributed by atoms with E-state index in [0.29, 0.717) is 11.4 Å². The molecule has 0 spiro atoms. The molecule has 3 aromatic rings. The maximum Gasteiger partial charge on any atom is 0.169 e. The van der Waals surface area contributed by atoms with Gasteiger partial charge in [0, 0.05) is 11.1 Å². The van der Waals surface area contributed by atoms with Gasteiger partial charge in [0.05, 0.1) is 0 Å². The van der Waals surface area contributed by atoms with Gasteiger partial charge in [-0.3, -0.25) is 5.10 Å². The number of aromatic hydroxyl groups is 1. The number of hydrogen-bond donors (Lipinski definition) is 2. The van der Waals surface area contributed by atoms with Crippen LogP contribution >= 0.6 is 0 Å². The summed E-state index contributed by atoms with van der Waals surface area (Å²) in [5.74, 6) is 0.187. The fourth-order valence-corrected chi connectivity index (χ4v) is 1.94. The molecular weight excluding hydrogens is 224 g/mol. The predicted octanol–water partition coefficient (Wildman–Crippen LogP) is 3.45. The van der Waals surface area contributed by atoms with Gasteiger partial charge in [-0.1, -0.05) is 60.7 Å². The molecule has 2 aromatic carbocycles. The molecule has 3 rings (SSSR count). The Kier molecular flexibility index (Phi) is 2.57. The Labute approximate surface area is 105 Å². The molecule has 18 heavy (non-hydrogen) atoms. The van der Waals surface area contributed by atoms with Gasteiger partial charge in [-0.15, -0.1) is 0 Å². The van der Waals surface area contributed by atoms with Crippen LogP contribution in [0.3, 0.4) is 0 Å². The number of rotatable bonds is 2. The second kappa shape index (κ2) is 4.37. The average molecular weight is 236 g/mol. The Balaban J connectivity index is 2.09. The predicted molar refractivity (Wildman–Crippen MR) is 71.1 cm³/mol. The minimum atomic E-state index is 0.187. The van der Waals surface area contributed by atoms with Gasteiger partial charge in [-0.2, -0.15) is 5.10 Å². The first-order valence-corrected chi connectivity index (χ1v) is 5.74. The molecule has 2 N–H and O–H groups in total. The third-order valence-electron chi connectivity index (χ3n) is 2.85. The van der Waals surface area contributed by atoms with Crippen molar-refractivity contribution in [3.8, 4) is 28.3 Å². The molecule has 0 aliphatic carbocycles. The van der Waals surface area contributed by atoms with E-state index in [1.165, 1.54) is 0 Å². The minimum absolute atomic E-state index is 0.187. The number of benzene rings is 2. The monoisotopic (exact) mass is 236 g/mol. The zero-order valence-corrected chi connectivity index (χ0v) is 9.67. The van der Waals surface area contributed by atoms with Crippen LogP contribution in [0.5, 0.6) is 5.75 Å². The van der Waals surface area contributed by atoms with Crippen LogP contribution in [-0.4, -0.2) is 15.3 Å². The molecule has 1 aromatic heterocycles. The van der Waals surface area contributed by atoms with E-state index in [1.807, 2.05) is 60.7 Å². The lowest BCUT2D eigenvalue weighted by atomic mass is 10.1. The number of nitrogens with one attached hydrogen (secondary N) is 1. The van der Waals surface area contributed by atoms with Crippen molar-refractivity contribution < 1.29 is 5.11 Å². The van der Waals surface area contributed by atoms with Crippen LogP contribution in [0.25, 0.3) is 22.5 Å². The van der Waals surface area contributed by atoms with Gasteiger partial charge in [0.15, 0.2) is 5.75 Å². The third kappa shape index (κ3) is 1.76. The number of hydrogen-bond acceptors (Lipinski definition) is 2. The van der Waals surface area contributed by atoms with Gasteiger partial charge in [0.1, 0.15) is 11.4 Å². The maximum absolute atomic E-state index is 10.2. The van der Waals surface area contributed by atoms with Crippen molar-refractivity contribution in [3.63, 3.8) is 0 Å². The summed E-state index contributed by atoms with van der Waals surface area (Å²) in [6.45, 7) is 0. The van der Waals surface area contributed by atoms with Gasteiger partial charge in [-0.25, -0.2) is 0 Å². The highest BCUT2D eigenvalue weighted by Crippen LogP contribution is 2.35. The largest absolute Gasteiger partial charge is 0.504 e. The number of H-pyrrole nitrogens is 1. The van der Waals surface area contributed by atoms with Crippen molar-refractivity contribution in [2.24, 2.45) is 0 Å². The molecule has 88 valence electrons. The second-order valence-electron chi connectivity index (χ2n) is 4.03. The van der Waals surface area contributed by atoms with E-state index in [-0.39, 0.29) is 5.75 Å². The smallest absolute Gasteiger partial charge is 0.169 e. The molecule has 0 saturated heterocycles. The van der Waals surface area contributed by atoms with E-state index >= 15 is 0 Å². The average Bonchev–Trinajstić information content (AvgIpc) is 2.83. The van der Waals surface area contributed by atoms with Gasteiger partial charge in [0.2, 0.25) is 0 Å². The first-order chi connectivity index (χ1) is 8.86. The zero-order valence-electron chi connectivity index (χ0n) is 9.67. The van der Waals surface area contributed by atoms with E-state index in [2.05, 4.69) is 10.2 Å². The lowest BCUT2D eigenvalue weighted by Crippen LogP contribution is -1.77. The summed E-state index contributed by atoms with van der Waals surface area (Å²) in [6.07, 6.45) is 0. The van der Waals surface area contributed by atoms with Crippen LogP contribution in [0.4, 0.5) is 0 Å². The summed E-state index contributed by atoms with van der Waals surface area (Å²) in [5, 5.41) is 17.3. The second-order valence-corrected chi connectivity index (χ2v) is 4.03. The highest BCUT2D eigenvalue weighted by atomic mass is 16.3. The number of aromatic amines is 1. The summed E-state index contributed by atoms with van der Waals surface area (Å²) in [4.78, 5) is 0. The van der Waals surface area contributed by atoms with Crippen molar-refractivity contribution in [2.45, 2.75) is 0 Å². The molecular formula is C15H12N2O. The number of aromatic nitrogens is 2. The van der Waals surface area contributed by atoms with Crippen LogP contribution in [0.2, 0.25) is 0 Å². The first-order valence-electron chi connectivity index (χ1n) is 5.74. The van der Waals surface area contributed by atoms with Crippen molar-refractivity contribution in [1.29, 1.82) is 0 Å². The summed E-state index contributed by atoms with van der Waals surface area (Å²) >= 11 is 0. The van der Waals surface area contributed by atoms with Gasteiger partial charge < -0.3 is 5.11 Å². The van der Waals surface area contributed by atoms with Gasteiger partial charge in [-0.05, 0) is 0 Å². The van der Waals surface area contributed by atoms with E-state index in [1.54, 1.807) is 0 Å². The Hall–Kier alpha value is -2.55.